The largest absolute Gasteiger partial charge is 0.497 e. The van der Waals surface area contributed by atoms with E-state index in [-0.39, 0.29) is 29.9 Å². The summed E-state index contributed by atoms with van der Waals surface area (Å²) >= 11 is 0. The van der Waals surface area contributed by atoms with Crippen LogP contribution in [0.3, 0.4) is 0 Å². The van der Waals surface area contributed by atoms with Gasteiger partial charge in [-0.1, -0.05) is 5.73 Å². The fraction of sp³-hybridized carbons (Fsp3) is 0.367. The molecule has 10 nitrogen and oxygen atoms in total. The lowest BCUT2D eigenvalue weighted by atomic mass is 10.1. The minimum absolute atomic E-state index is 0.0256. The molecule has 3 aromatic rings. The molecule has 1 unspecified atom stereocenters. The van der Waals surface area contributed by atoms with Gasteiger partial charge in [-0.15, -0.1) is 0 Å². The van der Waals surface area contributed by atoms with Gasteiger partial charge >= 0.3 is 0 Å². The first-order valence-corrected chi connectivity index (χ1v) is 13.3. The maximum Gasteiger partial charge on any atom is 0.220 e. The van der Waals surface area contributed by atoms with Crippen molar-refractivity contribution in [1.82, 2.24) is 25.2 Å². The average molecular weight is 561 g/mol. The minimum atomic E-state index is -0.909. The highest BCUT2D eigenvalue weighted by atomic mass is 19.1. The molecule has 2 aliphatic rings. The van der Waals surface area contributed by atoms with Crippen LogP contribution in [0.1, 0.15) is 39.3 Å². The van der Waals surface area contributed by atoms with Gasteiger partial charge in [0.05, 0.1) is 49.6 Å². The Bertz CT molecular complexity index is 1590. The molecule has 41 heavy (non-hydrogen) atoms. The molecule has 1 amide bonds. The van der Waals surface area contributed by atoms with Crippen LogP contribution in [0, 0.1) is 5.82 Å². The van der Waals surface area contributed by atoms with Gasteiger partial charge in [-0.25, -0.2) is 14.4 Å². The van der Waals surface area contributed by atoms with Gasteiger partial charge in [-0.05, 0) is 45.4 Å². The van der Waals surface area contributed by atoms with Crippen LogP contribution in [0.25, 0.3) is 16.7 Å². The minimum Gasteiger partial charge on any atom is -0.497 e. The molecular weight excluding hydrogens is 527 g/mol. The first-order valence-electron chi connectivity index (χ1n) is 13.3. The maximum atomic E-state index is 15.7. The summed E-state index contributed by atoms with van der Waals surface area (Å²) in [4.78, 5) is 29.7. The van der Waals surface area contributed by atoms with Crippen molar-refractivity contribution in [3.05, 3.63) is 65.7 Å². The number of hydrogen-bond donors (Lipinski definition) is 2. The van der Waals surface area contributed by atoms with E-state index in [4.69, 9.17) is 19.4 Å². The average Bonchev–Trinajstić information content (AvgIpc) is 3.36. The summed E-state index contributed by atoms with van der Waals surface area (Å²) in [5, 5.41) is 13.3. The van der Waals surface area contributed by atoms with Crippen LogP contribution in [-0.2, 0) is 4.79 Å². The van der Waals surface area contributed by atoms with Crippen LogP contribution in [0.5, 0.6) is 11.5 Å². The Morgan fingerprint density at radius 2 is 2.05 bits per heavy atom. The van der Waals surface area contributed by atoms with Crippen molar-refractivity contribution in [3.8, 4) is 11.5 Å². The first-order chi connectivity index (χ1) is 19.5. The smallest absolute Gasteiger partial charge is 0.220 e. The van der Waals surface area contributed by atoms with Crippen LogP contribution in [0.15, 0.2) is 54.2 Å². The summed E-state index contributed by atoms with van der Waals surface area (Å²) in [5.41, 5.74) is 5.64. The number of halogens is 1. The van der Waals surface area contributed by atoms with Crippen molar-refractivity contribution in [2.24, 2.45) is 0 Å². The number of carbonyl (C=O) groups excluding carboxylic acids is 1. The highest BCUT2D eigenvalue weighted by Crippen LogP contribution is 2.37. The van der Waals surface area contributed by atoms with Crippen molar-refractivity contribution < 1.29 is 23.8 Å². The third kappa shape index (κ3) is 6.16. The van der Waals surface area contributed by atoms with Crippen LogP contribution < -0.4 is 19.7 Å². The molecule has 11 heteroatoms. The topological polar surface area (TPSA) is 113 Å². The molecule has 0 bridgehead atoms. The van der Waals surface area contributed by atoms with E-state index in [9.17, 15) is 9.90 Å². The van der Waals surface area contributed by atoms with Crippen molar-refractivity contribution >= 4 is 34.1 Å². The first kappa shape index (κ1) is 28.1. The summed E-state index contributed by atoms with van der Waals surface area (Å²) in [6.07, 6.45) is 6.40. The molecular formula is C30H33FN6O4. The molecule has 1 fully saturated rings. The molecule has 1 atom stereocenters. The third-order valence-corrected chi connectivity index (χ3v) is 6.91. The maximum absolute atomic E-state index is 15.7. The fourth-order valence-corrected chi connectivity index (χ4v) is 4.84. The van der Waals surface area contributed by atoms with Crippen LogP contribution in [0.2, 0.25) is 0 Å². The summed E-state index contributed by atoms with van der Waals surface area (Å²) in [7, 11) is 2.89. The Labute approximate surface area is 237 Å². The van der Waals surface area contributed by atoms with Gasteiger partial charge in [-0.3, -0.25) is 9.78 Å². The second-order valence-electron chi connectivity index (χ2n) is 10.7. The SMILES string of the molecule is COc1cc(OC)c(F)c(N(CC2CCC(=O)N2)c2ccc3ncc(C4=CN(CC(C)(C)O)C(C)=C=C4)nc3n2)c1. The molecule has 5 rings (SSSR count). The second-order valence-corrected chi connectivity index (χ2v) is 10.7. The van der Waals surface area contributed by atoms with Gasteiger partial charge in [0, 0.05) is 42.9 Å². The van der Waals surface area contributed by atoms with E-state index in [0.717, 1.165) is 11.3 Å². The van der Waals surface area contributed by atoms with E-state index < -0.39 is 11.4 Å². The number of pyridine rings is 1. The number of aromatic nitrogens is 3. The zero-order valence-electron chi connectivity index (χ0n) is 23.7. The van der Waals surface area contributed by atoms with Crippen molar-refractivity contribution in [3.63, 3.8) is 0 Å². The lowest BCUT2D eigenvalue weighted by Crippen LogP contribution is -2.37. The third-order valence-electron chi connectivity index (χ3n) is 6.91. The summed E-state index contributed by atoms with van der Waals surface area (Å²) in [6, 6.07) is 6.37. The number of nitrogens with one attached hydrogen (secondary N) is 1. The van der Waals surface area contributed by atoms with Gasteiger partial charge in [-0.2, -0.15) is 0 Å². The van der Waals surface area contributed by atoms with E-state index in [1.807, 2.05) is 24.1 Å². The molecule has 0 saturated carbocycles. The van der Waals surface area contributed by atoms with E-state index in [0.29, 0.717) is 47.8 Å². The second kappa shape index (κ2) is 11.2. The van der Waals surface area contributed by atoms with E-state index in [1.165, 1.54) is 20.3 Å². The van der Waals surface area contributed by atoms with Crippen molar-refractivity contribution in [2.75, 3.05) is 32.2 Å². The number of β-amino-alcohol motifs (C(OH)–C–C–N with tert-alkyl or cyclic N) is 1. The molecule has 2 N–H and O–H groups in total. The number of anilines is 2. The van der Waals surface area contributed by atoms with Crippen molar-refractivity contribution in [2.45, 2.75) is 45.3 Å². The number of carbonyl (C=O) groups is 1. The monoisotopic (exact) mass is 560 g/mol. The zero-order chi connectivity index (χ0) is 29.3. The van der Waals surface area contributed by atoms with Gasteiger partial charge in [0.1, 0.15) is 17.1 Å². The Morgan fingerprint density at radius 3 is 2.73 bits per heavy atom. The van der Waals surface area contributed by atoms with Gasteiger partial charge in [0.25, 0.3) is 0 Å². The van der Waals surface area contributed by atoms with Crippen LogP contribution >= 0.6 is 0 Å². The highest BCUT2D eigenvalue weighted by Gasteiger charge is 2.28. The molecule has 2 aromatic heterocycles. The standard InChI is InChI=1S/C30H33FN6O4/c1-18-6-7-19(15-36(18)17-30(2,3)39)23-14-32-22-9-10-26(35-29(22)34-23)37(16-20-8-11-27(38)33-20)24-12-21(40-4)13-25(41-5)28(24)31/h7,9-10,12-15,20,39H,8,11,16-17H2,1-5H3,(H,33,38). The number of nitrogens with zero attached hydrogens (tertiary/aromatic N) is 5. The number of ether oxygens (including phenoxy) is 2. The number of benzene rings is 1. The molecule has 0 spiro atoms. The van der Waals surface area contributed by atoms with E-state index in [2.05, 4.69) is 16.0 Å². The van der Waals surface area contributed by atoms with Gasteiger partial charge in [0.2, 0.25) is 5.91 Å². The van der Waals surface area contributed by atoms with E-state index in [1.54, 1.807) is 43.1 Å². The number of hydrogen-bond acceptors (Lipinski definition) is 9. The number of fused-ring (bicyclic) bond motifs is 1. The summed E-state index contributed by atoms with van der Waals surface area (Å²) in [5.74, 6) is 0.240. The van der Waals surface area contributed by atoms with Crippen LogP contribution in [-0.4, -0.2) is 69.8 Å². The number of methoxy groups -OCH3 is 2. The molecule has 2 aliphatic heterocycles. The predicted octanol–water partition coefficient (Wildman–Crippen LogP) is 4.08. The molecule has 0 aliphatic carbocycles. The summed E-state index contributed by atoms with van der Waals surface area (Å²) in [6.45, 7) is 6.07. The number of allylic oxidation sites excluding steroid dienone is 2. The Morgan fingerprint density at radius 1 is 1.24 bits per heavy atom. The Hall–Kier alpha value is -4.47. The lowest BCUT2D eigenvalue weighted by Gasteiger charge is -2.29. The van der Waals surface area contributed by atoms with Crippen molar-refractivity contribution in [1.29, 1.82) is 0 Å². The molecule has 1 saturated heterocycles. The number of aliphatic hydroxyl groups is 1. The highest BCUT2D eigenvalue weighted by molar-refractivity contribution is 5.80. The lowest BCUT2D eigenvalue weighted by molar-refractivity contribution is -0.119. The van der Waals surface area contributed by atoms with E-state index >= 15 is 4.39 Å². The Kier molecular flexibility index (Phi) is 7.66. The molecule has 1 aromatic carbocycles. The summed E-state index contributed by atoms with van der Waals surface area (Å²) < 4.78 is 26.3. The fourth-order valence-electron chi connectivity index (χ4n) is 4.84. The van der Waals surface area contributed by atoms with Gasteiger partial charge < -0.3 is 29.7 Å². The molecule has 4 heterocycles. The molecule has 0 radical (unpaired) electrons. The number of rotatable bonds is 9. The van der Waals surface area contributed by atoms with Gasteiger partial charge in [0.15, 0.2) is 17.2 Å². The normalized spacial score (nSPS) is 16.9. The number of amides is 1. The quantitative estimate of drug-likeness (QED) is 0.374. The predicted molar refractivity (Wildman–Crippen MR) is 153 cm³/mol. The zero-order valence-corrected chi connectivity index (χ0v) is 23.7. The van der Waals surface area contributed by atoms with Crippen LogP contribution in [0.4, 0.5) is 15.9 Å². The molecule has 214 valence electrons. The Balaban J connectivity index is 1.57.